The van der Waals surface area contributed by atoms with E-state index in [1.807, 2.05) is 0 Å². The van der Waals surface area contributed by atoms with Crippen LogP contribution in [-0.2, 0) is 17.5 Å². The second-order valence-electron chi connectivity index (χ2n) is 5.77. The summed E-state index contributed by atoms with van der Waals surface area (Å²) in [5, 5.41) is 8.98. The van der Waals surface area contributed by atoms with E-state index < -0.39 is 23.1 Å². The third kappa shape index (κ3) is 5.44. The van der Waals surface area contributed by atoms with E-state index in [9.17, 15) is 22.4 Å². The van der Waals surface area contributed by atoms with E-state index in [2.05, 4.69) is 4.98 Å². The third-order valence-corrected chi connectivity index (χ3v) is 4.58. The number of halogens is 4. The minimum atomic E-state index is -4.68. The van der Waals surface area contributed by atoms with Crippen LogP contribution in [-0.4, -0.2) is 28.6 Å². The predicted octanol–water partition coefficient (Wildman–Crippen LogP) is 4.17. The Labute approximate surface area is 157 Å². The largest absolute Gasteiger partial charge is 0.417 e. The van der Waals surface area contributed by atoms with E-state index in [1.165, 1.54) is 49.2 Å². The van der Waals surface area contributed by atoms with Crippen molar-refractivity contribution >= 4 is 17.7 Å². The topological polar surface area (TPSA) is 57.0 Å². The van der Waals surface area contributed by atoms with Gasteiger partial charge in [0.1, 0.15) is 16.9 Å². The van der Waals surface area contributed by atoms with Gasteiger partial charge in [-0.25, -0.2) is 9.37 Å². The van der Waals surface area contributed by atoms with Gasteiger partial charge in [0, 0.05) is 19.3 Å². The standard InChI is InChI=1S/C18H15F4N3OS/c1-11-7-15(18(20,21)22)14(8-23)17(24-11)27-10-16(26)25(2)9-12-3-5-13(19)6-4-12/h3-7H,9-10H2,1-2H3. The SMILES string of the molecule is Cc1cc(C(F)(F)F)c(C#N)c(SCC(=O)N(C)Cc2ccc(F)cc2)n1. The number of amides is 1. The zero-order valence-electron chi connectivity index (χ0n) is 14.5. The average Bonchev–Trinajstić information content (AvgIpc) is 2.60. The summed E-state index contributed by atoms with van der Waals surface area (Å²) in [5.74, 6) is -0.927. The van der Waals surface area contributed by atoms with Gasteiger partial charge >= 0.3 is 6.18 Å². The molecule has 2 rings (SSSR count). The number of aryl methyl sites for hydroxylation is 1. The van der Waals surface area contributed by atoms with Crippen molar-refractivity contribution in [2.45, 2.75) is 24.7 Å². The lowest BCUT2D eigenvalue weighted by Gasteiger charge is -2.18. The Bertz CT molecular complexity index is 876. The Morgan fingerprint density at radius 1 is 1.30 bits per heavy atom. The number of nitriles is 1. The molecule has 0 saturated heterocycles. The molecule has 142 valence electrons. The number of thioether (sulfide) groups is 1. The molecule has 0 saturated carbocycles. The maximum atomic E-state index is 13.1. The van der Waals surface area contributed by atoms with E-state index in [0.29, 0.717) is 5.56 Å². The van der Waals surface area contributed by atoms with Crippen LogP contribution in [0.15, 0.2) is 35.4 Å². The lowest BCUT2D eigenvalue weighted by Crippen LogP contribution is -2.27. The van der Waals surface area contributed by atoms with Crippen molar-refractivity contribution in [2.75, 3.05) is 12.8 Å². The molecule has 1 heterocycles. The summed E-state index contributed by atoms with van der Waals surface area (Å²) >= 11 is 0.781. The van der Waals surface area contributed by atoms with Crippen LogP contribution in [0.4, 0.5) is 17.6 Å². The van der Waals surface area contributed by atoms with E-state index >= 15 is 0 Å². The number of nitrogens with zero attached hydrogens (tertiary/aromatic N) is 3. The van der Waals surface area contributed by atoms with E-state index in [4.69, 9.17) is 5.26 Å². The second-order valence-corrected chi connectivity index (χ2v) is 6.73. The maximum absolute atomic E-state index is 13.1. The summed E-state index contributed by atoms with van der Waals surface area (Å²) in [4.78, 5) is 17.6. The van der Waals surface area contributed by atoms with Crippen molar-refractivity contribution in [1.82, 2.24) is 9.88 Å². The molecule has 0 unspecified atom stereocenters. The van der Waals surface area contributed by atoms with Gasteiger partial charge in [0.2, 0.25) is 5.91 Å². The van der Waals surface area contributed by atoms with Crippen LogP contribution in [0.1, 0.15) is 22.4 Å². The summed E-state index contributed by atoms with van der Waals surface area (Å²) in [5.41, 5.74) is -0.835. The van der Waals surface area contributed by atoms with Crippen molar-refractivity contribution in [2.24, 2.45) is 0 Å². The molecule has 2 aromatic rings. The minimum Gasteiger partial charge on any atom is -0.341 e. The Balaban J connectivity index is 2.11. The predicted molar refractivity (Wildman–Crippen MR) is 92.3 cm³/mol. The number of hydrogen-bond acceptors (Lipinski definition) is 4. The van der Waals surface area contributed by atoms with Gasteiger partial charge in [0.15, 0.2) is 0 Å². The number of pyridine rings is 1. The Hall–Kier alpha value is -2.60. The molecule has 0 aliphatic carbocycles. The molecule has 27 heavy (non-hydrogen) atoms. The number of carbonyl (C=O) groups excluding carboxylic acids is 1. The monoisotopic (exact) mass is 397 g/mol. The fraction of sp³-hybridized carbons (Fsp3) is 0.278. The molecule has 0 N–H and O–H groups in total. The molecule has 9 heteroatoms. The highest BCUT2D eigenvalue weighted by atomic mass is 32.2. The summed E-state index contributed by atoms with van der Waals surface area (Å²) in [7, 11) is 1.53. The molecule has 0 spiro atoms. The first-order valence-electron chi connectivity index (χ1n) is 7.72. The quantitative estimate of drug-likeness (QED) is 0.561. The van der Waals surface area contributed by atoms with Gasteiger partial charge in [-0.1, -0.05) is 23.9 Å². The summed E-state index contributed by atoms with van der Waals surface area (Å²) in [6.07, 6.45) is -4.68. The first kappa shape index (κ1) is 20.7. The first-order chi connectivity index (χ1) is 12.6. The summed E-state index contributed by atoms with van der Waals surface area (Å²) in [6, 6.07) is 7.97. The minimum absolute atomic E-state index is 0.107. The average molecular weight is 397 g/mol. The first-order valence-corrected chi connectivity index (χ1v) is 8.70. The normalized spacial score (nSPS) is 11.1. The van der Waals surface area contributed by atoms with E-state index in [-0.39, 0.29) is 28.9 Å². The maximum Gasteiger partial charge on any atom is 0.417 e. The number of rotatable bonds is 5. The summed E-state index contributed by atoms with van der Waals surface area (Å²) < 4.78 is 52.2. The van der Waals surface area contributed by atoms with Crippen LogP contribution in [0.2, 0.25) is 0 Å². The molecule has 1 amide bonds. The fourth-order valence-electron chi connectivity index (χ4n) is 2.27. The molecule has 0 radical (unpaired) electrons. The zero-order valence-corrected chi connectivity index (χ0v) is 15.3. The third-order valence-electron chi connectivity index (χ3n) is 3.62. The lowest BCUT2D eigenvalue weighted by atomic mass is 10.1. The molecular weight excluding hydrogens is 382 g/mol. The van der Waals surface area contributed by atoms with Gasteiger partial charge < -0.3 is 4.90 Å². The number of benzene rings is 1. The molecule has 0 aliphatic rings. The van der Waals surface area contributed by atoms with Crippen molar-refractivity contribution in [3.8, 4) is 6.07 Å². The Morgan fingerprint density at radius 2 is 1.93 bits per heavy atom. The molecular formula is C18H15F4N3OS. The summed E-state index contributed by atoms with van der Waals surface area (Å²) in [6.45, 7) is 1.61. The Morgan fingerprint density at radius 3 is 2.48 bits per heavy atom. The number of alkyl halides is 3. The van der Waals surface area contributed by atoms with Gasteiger partial charge in [-0.15, -0.1) is 0 Å². The van der Waals surface area contributed by atoms with Gasteiger partial charge in [0.25, 0.3) is 0 Å². The molecule has 1 aromatic carbocycles. The molecule has 1 aromatic heterocycles. The lowest BCUT2D eigenvalue weighted by molar-refractivity contribution is -0.138. The smallest absolute Gasteiger partial charge is 0.341 e. The molecule has 0 bridgehead atoms. The highest BCUT2D eigenvalue weighted by Crippen LogP contribution is 2.35. The van der Waals surface area contributed by atoms with Gasteiger partial charge in [0.05, 0.1) is 16.9 Å². The van der Waals surface area contributed by atoms with Crippen LogP contribution in [0.3, 0.4) is 0 Å². The van der Waals surface area contributed by atoms with Crippen molar-refractivity contribution in [3.05, 3.63) is 58.5 Å². The van der Waals surface area contributed by atoms with Gasteiger partial charge in [-0.05, 0) is 30.7 Å². The molecule has 0 fully saturated rings. The van der Waals surface area contributed by atoms with Crippen molar-refractivity contribution < 1.29 is 22.4 Å². The molecule has 0 aliphatic heterocycles. The van der Waals surface area contributed by atoms with Crippen LogP contribution >= 0.6 is 11.8 Å². The highest BCUT2D eigenvalue weighted by molar-refractivity contribution is 8.00. The molecule has 4 nitrogen and oxygen atoms in total. The van der Waals surface area contributed by atoms with Crippen LogP contribution in [0.5, 0.6) is 0 Å². The second kappa shape index (κ2) is 8.39. The van der Waals surface area contributed by atoms with Crippen molar-refractivity contribution in [1.29, 1.82) is 5.26 Å². The van der Waals surface area contributed by atoms with Crippen LogP contribution in [0.25, 0.3) is 0 Å². The van der Waals surface area contributed by atoms with Gasteiger partial charge in [-0.3, -0.25) is 4.79 Å². The molecule has 0 atom stereocenters. The Kier molecular flexibility index (Phi) is 6.44. The van der Waals surface area contributed by atoms with Crippen LogP contribution in [0, 0.1) is 24.1 Å². The number of hydrogen-bond donors (Lipinski definition) is 0. The fourth-order valence-corrected chi connectivity index (χ4v) is 3.26. The highest BCUT2D eigenvalue weighted by Gasteiger charge is 2.35. The number of carbonyl (C=O) groups is 1. The van der Waals surface area contributed by atoms with E-state index in [0.717, 1.165) is 17.8 Å². The van der Waals surface area contributed by atoms with E-state index in [1.54, 1.807) is 0 Å². The number of aromatic nitrogens is 1. The zero-order chi connectivity index (χ0) is 20.2. The van der Waals surface area contributed by atoms with Crippen molar-refractivity contribution in [3.63, 3.8) is 0 Å². The van der Waals surface area contributed by atoms with Gasteiger partial charge in [-0.2, -0.15) is 18.4 Å². The van der Waals surface area contributed by atoms with Crippen LogP contribution < -0.4 is 0 Å².